The number of rotatable bonds is 7. The monoisotopic (exact) mass is 438 g/mol. The maximum atomic E-state index is 13.2. The third-order valence-electron chi connectivity index (χ3n) is 6.07. The number of benzene rings is 1. The van der Waals surface area contributed by atoms with Crippen molar-refractivity contribution in [2.24, 2.45) is 7.05 Å². The number of hydrogen-bond donors (Lipinski definition) is 1. The van der Waals surface area contributed by atoms with Crippen LogP contribution in [0.25, 0.3) is 11.3 Å². The first-order valence-electron chi connectivity index (χ1n) is 11.3. The average Bonchev–Trinajstić information content (AvgIpc) is 3.32. The Balaban J connectivity index is 1.31. The number of hydrogen-bond acceptors (Lipinski definition) is 4. The van der Waals surface area contributed by atoms with Crippen LogP contribution in [0.15, 0.2) is 36.5 Å². The van der Waals surface area contributed by atoms with Gasteiger partial charge in [0.15, 0.2) is 0 Å². The molecule has 4 rings (SSSR count). The van der Waals surface area contributed by atoms with Crippen LogP contribution in [-0.2, 0) is 20.1 Å². The lowest BCUT2D eigenvalue weighted by Crippen LogP contribution is -2.44. The lowest BCUT2D eigenvalue weighted by atomic mass is 10.0. The quantitative estimate of drug-likeness (QED) is 0.613. The SMILES string of the molecule is CCCn1cc(C(=O)NC2CCN(Cc3cc(-c4ccc(F)cc4)nn3C)CC2)c(C)n1. The molecule has 0 radical (unpaired) electrons. The molecule has 0 bridgehead atoms. The molecule has 3 heterocycles. The van der Waals surface area contributed by atoms with Gasteiger partial charge in [0.2, 0.25) is 0 Å². The van der Waals surface area contributed by atoms with E-state index in [-0.39, 0.29) is 17.8 Å². The molecule has 32 heavy (non-hydrogen) atoms. The van der Waals surface area contributed by atoms with Crippen molar-refractivity contribution in [1.82, 2.24) is 29.8 Å². The Labute approximate surface area is 188 Å². The molecular weight excluding hydrogens is 407 g/mol. The Morgan fingerprint density at radius 2 is 1.91 bits per heavy atom. The maximum absolute atomic E-state index is 13.2. The molecule has 1 fully saturated rings. The van der Waals surface area contributed by atoms with Gasteiger partial charge in [0, 0.05) is 51.0 Å². The zero-order chi connectivity index (χ0) is 22.7. The molecule has 7 nitrogen and oxygen atoms in total. The minimum Gasteiger partial charge on any atom is -0.349 e. The van der Waals surface area contributed by atoms with Crippen molar-refractivity contribution in [2.75, 3.05) is 13.1 Å². The van der Waals surface area contributed by atoms with E-state index < -0.39 is 0 Å². The molecule has 1 aliphatic heterocycles. The second-order valence-electron chi connectivity index (χ2n) is 8.57. The molecule has 1 aromatic carbocycles. The van der Waals surface area contributed by atoms with E-state index in [0.717, 1.165) is 68.1 Å². The highest BCUT2D eigenvalue weighted by Gasteiger charge is 2.23. The first kappa shape index (κ1) is 22.2. The molecular formula is C24H31FN6O. The number of amides is 1. The Hall–Kier alpha value is -3.00. The molecule has 1 saturated heterocycles. The number of carbonyl (C=O) groups is 1. The highest BCUT2D eigenvalue weighted by atomic mass is 19.1. The zero-order valence-electron chi connectivity index (χ0n) is 19.0. The van der Waals surface area contributed by atoms with E-state index in [0.29, 0.717) is 5.56 Å². The van der Waals surface area contributed by atoms with Gasteiger partial charge in [-0.2, -0.15) is 10.2 Å². The fourth-order valence-electron chi connectivity index (χ4n) is 4.23. The molecule has 0 unspecified atom stereocenters. The summed E-state index contributed by atoms with van der Waals surface area (Å²) in [6, 6.07) is 8.66. The van der Waals surface area contributed by atoms with Gasteiger partial charge in [-0.15, -0.1) is 0 Å². The largest absolute Gasteiger partial charge is 0.349 e. The third-order valence-corrected chi connectivity index (χ3v) is 6.07. The minimum absolute atomic E-state index is 0.0288. The number of halogens is 1. The molecule has 0 aliphatic carbocycles. The Bertz CT molecular complexity index is 1060. The normalized spacial score (nSPS) is 15.2. The van der Waals surface area contributed by atoms with Crippen LogP contribution in [0.2, 0.25) is 0 Å². The lowest BCUT2D eigenvalue weighted by molar-refractivity contribution is 0.0907. The van der Waals surface area contributed by atoms with Gasteiger partial charge in [-0.3, -0.25) is 19.1 Å². The number of nitrogens with zero attached hydrogens (tertiary/aromatic N) is 5. The summed E-state index contributed by atoms with van der Waals surface area (Å²) in [5.41, 5.74) is 4.33. The summed E-state index contributed by atoms with van der Waals surface area (Å²) in [5.74, 6) is -0.274. The summed E-state index contributed by atoms with van der Waals surface area (Å²) in [4.78, 5) is 15.1. The van der Waals surface area contributed by atoms with Gasteiger partial charge in [0.05, 0.1) is 22.6 Å². The number of aryl methyl sites for hydroxylation is 3. The van der Waals surface area contributed by atoms with E-state index in [9.17, 15) is 9.18 Å². The Morgan fingerprint density at radius 3 is 2.59 bits per heavy atom. The summed E-state index contributed by atoms with van der Waals surface area (Å²) < 4.78 is 16.9. The van der Waals surface area contributed by atoms with Crippen molar-refractivity contribution in [3.05, 3.63) is 59.3 Å². The van der Waals surface area contributed by atoms with Crippen molar-refractivity contribution < 1.29 is 9.18 Å². The molecule has 1 amide bonds. The molecule has 3 aromatic rings. The van der Waals surface area contributed by atoms with Crippen molar-refractivity contribution in [3.8, 4) is 11.3 Å². The van der Waals surface area contributed by atoms with Gasteiger partial charge in [-0.25, -0.2) is 4.39 Å². The van der Waals surface area contributed by atoms with Crippen LogP contribution in [0.3, 0.4) is 0 Å². The molecule has 1 N–H and O–H groups in total. The number of piperidine rings is 1. The minimum atomic E-state index is -0.246. The van der Waals surface area contributed by atoms with Crippen LogP contribution < -0.4 is 5.32 Å². The molecule has 8 heteroatoms. The summed E-state index contributed by atoms with van der Waals surface area (Å²) in [6.45, 7) is 7.43. The van der Waals surface area contributed by atoms with Gasteiger partial charge in [0.25, 0.3) is 5.91 Å². The van der Waals surface area contributed by atoms with Crippen LogP contribution in [-0.4, -0.2) is 49.5 Å². The number of nitrogens with one attached hydrogen (secondary N) is 1. The number of aromatic nitrogens is 4. The summed E-state index contributed by atoms with van der Waals surface area (Å²) in [5, 5.41) is 12.2. The van der Waals surface area contributed by atoms with Gasteiger partial charge >= 0.3 is 0 Å². The highest BCUT2D eigenvalue weighted by Crippen LogP contribution is 2.21. The Morgan fingerprint density at radius 1 is 1.19 bits per heavy atom. The van der Waals surface area contributed by atoms with Crippen molar-refractivity contribution in [1.29, 1.82) is 0 Å². The summed E-state index contributed by atoms with van der Waals surface area (Å²) in [6.07, 6.45) is 4.67. The van der Waals surface area contributed by atoms with Crippen LogP contribution in [0.5, 0.6) is 0 Å². The second-order valence-corrected chi connectivity index (χ2v) is 8.57. The van der Waals surface area contributed by atoms with E-state index in [1.165, 1.54) is 12.1 Å². The third kappa shape index (κ3) is 5.07. The van der Waals surface area contributed by atoms with Crippen molar-refractivity contribution in [2.45, 2.75) is 52.2 Å². The smallest absolute Gasteiger partial charge is 0.254 e. The van der Waals surface area contributed by atoms with E-state index in [1.807, 2.05) is 29.5 Å². The Kier molecular flexibility index (Phi) is 6.69. The van der Waals surface area contributed by atoms with E-state index in [1.54, 1.807) is 12.1 Å². The van der Waals surface area contributed by atoms with Crippen LogP contribution in [0.4, 0.5) is 4.39 Å². The number of carbonyl (C=O) groups excluding carboxylic acids is 1. The zero-order valence-corrected chi connectivity index (χ0v) is 19.0. The van der Waals surface area contributed by atoms with Crippen LogP contribution in [0, 0.1) is 12.7 Å². The van der Waals surface area contributed by atoms with Crippen LogP contribution in [0.1, 0.15) is 47.9 Å². The first-order chi connectivity index (χ1) is 15.4. The average molecular weight is 439 g/mol. The molecule has 0 saturated carbocycles. The van der Waals surface area contributed by atoms with Gasteiger partial charge < -0.3 is 5.32 Å². The summed E-state index contributed by atoms with van der Waals surface area (Å²) >= 11 is 0. The standard InChI is InChI=1S/C24H31FN6O/c1-4-11-31-16-22(17(2)27-31)24(32)26-20-9-12-30(13-10-20)15-21-14-23(28-29(21)3)18-5-7-19(25)8-6-18/h5-8,14,16,20H,4,9-13,15H2,1-3H3,(H,26,32). The fraction of sp³-hybridized carbons (Fsp3) is 0.458. The molecule has 170 valence electrons. The molecule has 0 spiro atoms. The molecule has 1 aliphatic rings. The van der Waals surface area contributed by atoms with Crippen molar-refractivity contribution in [3.63, 3.8) is 0 Å². The van der Waals surface area contributed by atoms with E-state index in [2.05, 4.69) is 33.4 Å². The molecule has 0 atom stereocenters. The number of likely N-dealkylation sites (tertiary alicyclic amines) is 1. The predicted octanol–water partition coefficient (Wildman–Crippen LogP) is 3.54. The van der Waals surface area contributed by atoms with Gasteiger partial charge in [0.1, 0.15) is 5.82 Å². The fourth-order valence-corrected chi connectivity index (χ4v) is 4.23. The topological polar surface area (TPSA) is 68.0 Å². The van der Waals surface area contributed by atoms with Gasteiger partial charge in [-0.1, -0.05) is 6.92 Å². The first-order valence-corrected chi connectivity index (χ1v) is 11.3. The predicted molar refractivity (Wildman–Crippen MR) is 122 cm³/mol. The van der Waals surface area contributed by atoms with Crippen LogP contribution >= 0.6 is 0 Å². The molecule has 2 aromatic heterocycles. The maximum Gasteiger partial charge on any atom is 0.254 e. The van der Waals surface area contributed by atoms with Gasteiger partial charge in [-0.05, 0) is 56.5 Å². The van der Waals surface area contributed by atoms with E-state index >= 15 is 0 Å². The second kappa shape index (κ2) is 9.65. The van der Waals surface area contributed by atoms with E-state index in [4.69, 9.17) is 0 Å². The van der Waals surface area contributed by atoms with Crippen molar-refractivity contribution >= 4 is 5.91 Å². The highest BCUT2D eigenvalue weighted by molar-refractivity contribution is 5.95. The lowest BCUT2D eigenvalue weighted by Gasteiger charge is -2.32. The summed E-state index contributed by atoms with van der Waals surface area (Å²) in [7, 11) is 1.94.